The van der Waals surface area contributed by atoms with Crippen LogP contribution in [0, 0.1) is 5.92 Å². The largest absolute Gasteiger partial charge is 0.390 e. The van der Waals surface area contributed by atoms with Gasteiger partial charge in [0.2, 0.25) is 0 Å². The normalized spacial score (nSPS) is 13.6. The minimum atomic E-state index is -0.0199. The Balaban J connectivity index is 3.02. The van der Waals surface area contributed by atoms with E-state index < -0.39 is 0 Å². The van der Waals surface area contributed by atoms with Crippen molar-refractivity contribution in [2.45, 2.75) is 46.8 Å². The Morgan fingerprint density at radius 3 is 2.43 bits per heavy atom. The molecule has 0 spiro atoms. The van der Waals surface area contributed by atoms with Crippen molar-refractivity contribution in [1.29, 1.82) is 0 Å². The molecule has 80 valence electrons. The highest BCUT2D eigenvalue weighted by Gasteiger charge is 2.17. The summed E-state index contributed by atoms with van der Waals surface area (Å²) in [5.74, 6) is 0.522. The SMILES string of the molecule is CCc1c(CO)nnn1C(C)C(C)C. The van der Waals surface area contributed by atoms with E-state index in [1.54, 1.807) is 0 Å². The quantitative estimate of drug-likeness (QED) is 0.796. The molecule has 0 fully saturated rings. The maximum absolute atomic E-state index is 9.07. The van der Waals surface area contributed by atoms with Crippen LogP contribution in [0.4, 0.5) is 0 Å². The van der Waals surface area contributed by atoms with Gasteiger partial charge in [-0.2, -0.15) is 0 Å². The molecule has 0 saturated heterocycles. The molecule has 4 heteroatoms. The van der Waals surface area contributed by atoms with E-state index in [9.17, 15) is 0 Å². The smallest absolute Gasteiger partial charge is 0.111 e. The average molecular weight is 197 g/mol. The van der Waals surface area contributed by atoms with Gasteiger partial charge in [-0.05, 0) is 19.3 Å². The molecule has 4 nitrogen and oxygen atoms in total. The van der Waals surface area contributed by atoms with Gasteiger partial charge < -0.3 is 5.11 Å². The molecule has 0 bridgehead atoms. The van der Waals surface area contributed by atoms with Gasteiger partial charge in [-0.1, -0.05) is 26.0 Å². The number of aliphatic hydroxyl groups excluding tert-OH is 1. The van der Waals surface area contributed by atoms with Crippen molar-refractivity contribution >= 4 is 0 Å². The zero-order chi connectivity index (χ0) is 10.7. The zero-order valence-corrected chi connectivity index (χ0v) is 9.36. The maximum Gasteiger partial charge on any atom is 0.111 e. The average Bonchev–Trinajstić information content (AvgIpc) is 2.58. The van der Waals surface area contributed by atoms with E-state index in [4.69, 9.17) is 5.11 Å². The first kappa shape index (κ1) is 11.2. The van der Waals surface area contributed by atoms with Crippen LogP contribution in [0.1, 0.15) is 45.1 Å². The Bertz CT molecular complexity index is 294. The predicted octanol–water partition coefficient (Wildman–Crippen LogP) is 1.55. The van der Waals surface area contributed by atoms with Gasteiger partial charge in [0, 0.05) is 0 Å². The lowest BCUT2D eigenvalue weighted by Gasteiger charge is -2.17. The van der Waals surface area contributed by atoms with Crippen molar-refractivity contribution in [3.63, 3.8) is 0 Å². The number of hydrogen-bond donors (Lipinski definition) is 1. The summed E-state index contributed by atoms with van der Waals surface area (Å²) in [6.07, 6.45) is 0.861. The third-order valence-electron chi connectivity index (χ3n) is 2.71. The molecule has 1 unspecified atom stereocenters. The highest BCUT2D eigenvalue weighted by Crippen LogP contribution is 2.19. The Labute approximate surface area is 84.9 Å². The van der Waals surface area contributed by atoms with Crippen molar-refractivity contribution in [2.24, 2.45) is 5.92 Å². The van der Waals surface area contributed by atoms with Crippen LogP contribution in [0.2, 0.25) is 0 Å². The first-order valence-electron chi connectivity index (χ1n) is 5.15. The van der Waals surface area contributed by atoms with Crippen LogP contribution in [-0.4, -0.2) is 20.1 Å². The summed E-state index contributed by atoms with van der Waals surface area (Å²) in [7, 11) is 0. The molecule has 1 heterocycles. The molecule has 1 aromatic heterocycles. The van der Waals surface area contributed by atoms with Gasteiger partial charge in [-0.25, -0.2) is 4.68 Å². The summed E-state index contributed by atoms with van der Waals surface area (Å²) in [6, 6.07) is 0.331. The summed E-state index contributed by atoms with van der Waals surface area (Å²) in [6.45, 7) is 8.48. The van der Waals surface area contributed by atoms with Crippen LogP contribution < -0.4 is 0 Å². The first-order chi connectivity index (χ1) is 6.61. The zero-order valence-electron chi connectivity index (χ0n) is 9.36. The number of hydrogen-bond acceptors (Lipinski definition) is 3. The van der Waals surface area contributed by atoms with Gasteiger partial charge >= 0.3 is 0 Å². The van der Waals surface area contributed by atoms with Gasteiger partial charge in [-0.15, -0.1) is 5.10 Å². The first-order valence-corrected chi connectivity index (χ1v) is 5.15. The number of nitrogens with zero attached hydrogens (tertiary/aromatic N) is 3. The molecule has 0 aliphatic carbocycles. The second-order valence-corrected chi connectivity index (χ2v) is 3.92. The molecule has 0 aliphatic rings. The Morgan fingerprint density at radius 1 is 1.36 bits per heavy atom. The summed E-state index contributed by atoms with van der Waals surface area (Å²) in [4.78, 5) is 0. The van der Waals surface area contributed by atoms with Crippen LogP contribution >= 0.6 is 0 Å². The molecule has 1 aromatic rings. The lowest BCUT2D eigenvalue weighted by atomic mass is 10.1. The summed E-state index contributed by atoms with van der Waals surface area (Å²) < 4.78 is 1.93. The highest BCUT2D eigenvalue weighted by atomic mass is 16.3. The lowest BCUT2D eigenvalue weighted by molar-refractivity contribution is 0.275. The standard InChI is InChI=1S/C10H19N3O/c1-5-10-9(6-14)11-12-13(10)8(4)7(2)3/h7-8,14H,5-6H2,1-4H3. The minimum Gasteiger partial charge on any atom is -0.390 e. The van der Waals surface area contributed by atoms with Crippen LogP contribution in [0.5, 0.6) is 0 Å². The molecule has 0 saturated carbocycles. The van der Waals surface area contributed by atoms with Gasteiger partial charge in [0.1, 0.15) is 5.69 Å². The Kier molecular flexibility index (Phi) is 3.63. The lowest BCUT2D eigenvalue weighted by Crippen LogP contribution is -2.16. The number of aromatic nitrogens is 3. The van der Waals surface area contributed by atoms with Gasteiger partial charge in [0.25, 0.3) is 0 Å². The molecule has 0 amide bonds. The topological polar surface area (TPSA) is 50.9 Å². The Hall–Kier alpha value is -0.900. The van der Waals surface area contributed by atoms with Gasteiger partial charge in [0.15, 0.2) is 0 Å². The fourth-order valence-corrected chi connectivity index (χ4v) is 1.44. The summed E-state index contributed by atoms with van der Waals surface area (Å²) in [5.41, 5.74) is 1.76. The van der Waals surface area contributed by atoms with E-state index in [1.807, 2.05) is 4.68 Å². The van der Waals surface area contributed by atoms with E-state index in [0.29, 0.717) is 17.7 Å². The van der Waals surface area contributed by atoms with E-state index in [1.165, 1.54) is 0 Å². The molecule has 1 N–H and O–H groups in total. The maximum atomic E-state index is 9.07. The van der Waals surface area contributed by atoms with Crippen molar-refractivity contribution in [3.8, 4) is 0 Å². The van der Waals surface area contributed by atoms with E-state index >= 15 is 0 Å². The van der Waals surface area contributed by atoms with E-state index in [2.05, 4.69) is 38.0 Å². The second-order valence-electron chi connectivity index (χ2n) is 3.92. The molecular formula is C10H19N3O. The van der Waals surface area contributed by atoms with Crippen LogP contribution in [0.25, 0.3) is 0 Å². The third-order valence-corrected chi connectivity index (χ3v) is 2.71. The highest BCUT2D eigenvalue weighted by molar-refractivity contribution is 5.09. The van der Waals surface area contributed by atoms with E-state index in [0.717, 1.165) is 12.1 Å². The fraction of sp³-hybridized carbons (Fsp3) is 0.800. The van der Waals surface area contributed by atoms with Gasteiger partial charge in [-0.3, -0.25) is 0 Å². The molecular weight excluding hydrogens is 178 g/mol. The minimum absolute atomic E-state index is 0.0199. The summed E-state index contributed by atoms with van der Waals surface area (Å²) >= 11 is 0. The van der Waals surface area contributed by atoms with Crippen LogP contribution in [-0.2, 0) is 13.0 Å². The molecule has 0 aliphatic heterocycles. The monoisotopic (exact) mass is 197 g/mol. The van der Waals surface area contributed by atoms with E-state index in [-0.39, 0.29) is 6.61 Å². The third kappa shape index (κ3) is 1.95. The molecule has 1 atom stereocenters. The molecule has 1 rings (SSSR count). The van der Waals surface area contributed by atoms with Crippen molar-refractivity contribution in [1.82, 2.24) is 15.0 Å². The molecule has 0 aromatic carbocycles. The van der Waals surface area contributed by atoms with Crippen molar-refractivity contribution in [2.75, 3.05) is 0 Å². The fourth-order valence-electron chi connectivity index (χ4n) is 1.44. The van der Waals surface area contributed by atoms with Gasteiger partial charge in [0.05, 0.1) is 18.3 Å². The molecule has 14 heavy (non-hydrogen) atoms. The predicted molar refractivity (Wildman–Crippen MR) is 54.9 cm³/mol. The number of aliphatic hydroxyl groups is 1. The van der Waals surface area contributed by atoms with Crippen molar-refractivity contribution in [3.05, 3.63) is 11.4 Å². The number of rotatable bonds is 4. The Morgan fingerprint density at radius 2 is 2.00 bits per heavy atom. The summed E-state index contributed by atoms with van der Waals surface area (Å²) in [5, 5.41) is 17.1. The van der Waals surface area contributed by atoms with Crippen LogP contribution in [0.3, 0.4) is 0 Å². The molecule has 0 radical (unpaired) electrons. The van der Waals surface area contributed by atoms with Crippen LogP contribution in [0.15, 0.2) is 0 Å². The van der Waals surface area contributed by atoms with Crippen molar-refractivity contribution < 1.29 is 5.11 Å². The second kappa shape index (κ2) is 4.55.